The van der Waals surface area contributed by atoms with Crippen molar-refractivity contribution in [2.45, 2.75) is 31.3 Å². The van der Waals surface area contributed by atoms with Crippen LogP contribution in [0.25, 0.3) is 0 Å². The first kappa shape index (κ1) is 12.8. The highest BCUT2D eigenvalue weighted by Crippen LogP contribution is 2.41. The molecule has 0 aliphatic carbocycles. The molecule has 1 aromatic rings. The fourth-order valence-corrected chi connectivity index (χ4v) is 3.36. The topological polar surface area (TPSA) is 47.7 Å². The van der Waals surface area contributed by atoms with Crippen molar-refractivity contribution in [1.82, 2.24) is 4.90 Å². The molecule has 4 nitrogen and oxygen atoms in total. The quantitative estimate of drug-likeness (QED) is 0.881. The van der Waals surface area contributed by atoms with Crippen molar-refractivity contribution < 1.29 is 9.47 Å². The zero-order valence-electron chi connectivity index (χ0n) is 11.7. The molecule has 2 heterocycles. The Balaban J connectivity index is 2.01. The van der Waals surface area contributed by atoms with Crippen LogP contribution in [0.2, 0.25) is 0 Å². The number of methoxy groups -OCH3 is 2. The first-order valence-electron chi connectivity index (χ1n) is 6.97. The first-order valence-corrected chi connectivity index (χ1v) is 6.97. The molecule has 1 aromatic carbocycles. The molecule has 1 saturated heterocycles. The molecule has 0 amide bonds. The second-order valence-corrected chi connectivity index (χ2v) is 5.49. The van der Waals surface area contributed by atoms with Gasteiger partial charge in [0, 0.05) is 25.2 Å². The lowest BCUT2D eigenvalue weighted by molar-refractivity contribution is 0.126. The second kappa shape index (κ2) is 5.02. The molecule has 0 radical (unpaired) electrons. The molecule has 2 aliphatic heterocycles. The SMILES string of the molecule is COc1cc2c(cc1OC)C1C[C@@H](N)CCN1CC2. The van der Waals surface area contributed by atoms with Crippen LogP contribution in [0.3, 0.4) is 0 Å². The minimum atomic E-state index is 0.320. The molecule has 4 heteroatoms. The van der Waals surface area contributed by atoms with Crippen molar-refractivity contribution in [1.29, 1.82) is 0 Å². The predicted molar refractivity (Wildman–Crippen MR) is 74.8 cm³/mol. The van der Waals surface area contributed by atoms with Crippen molar-refractivity contribution in [2.24, 2.45) is 5.73 Å². The van der Waals surface area contributed by atoms with E-state index in [4.69, 9.17) is 15.2 Å². The lowest BCUT2D eigenvalue weighted by atomic mass is 9.85. The van der Waals surface area contributed by atoms with Crippen molar-refractivity contribution in [3.63, 3.8) is 0 Å². The largest absolute Gasteiger partial charge is 0.493 e. The minimum Gasteiger partial charge on any atom is -0.493 e. The van der Waals surface area contributed by atoms with Gasteiger partial charge < -0.3 is 15.2 Å². The Morgan fingerprint density at radius 2 is 1.89 bits per heavy atom. The van der Waals surface area contributed by atoms with Gasteiger partial charge in [0.05, 0.1) is 14.2 Å². The van der Waals surface area contributed by atoms with Gasteiger partial charge in [-0.3, -0.25) is 4.90 Å². The van der Waals surface area contributed by atoms with Crippen LogP contribution in [0.5, 0.6) is 11.5 Å². The van der Waals surface area contributed by atoms with Gasteiger partial charge in [-0.05, 0) is 42.5 Å². The Morgan fingerprint density at radius 3 is 2.63 bits per heavy atom. The normalized spacial score (nSPS) is 26.5. The number of nitrogens with two attached hydrogens (primary N) is 1. The Bertz CT molecular complexity index is 475. The number of piperidine rings is 1. The molecule has 0 spiro atoms. The molecule has 2 aliphatic rings. The number of hydrogen-bond acceptors (Lipinski definition) is 4. The van der Waals surface area contributed by atoms with E-state index in [0.29, 0.717) is 12.1 Å². The smallest absolute Gasteiger partial charge is 0.161 e. The van der Waals surface area contributed by atoms with Gasteiger partial charge in [-0.1, -0.05) is 0 Å². The van der Waals surface area contributed by atoms with Crippen LogP contribution >= 0.6 is 0 Å². The molecular formula is C15H22N2O2. The van der Waals surface area contributed by atoms with E-state index in [2.05, 4.69) is 17.0 Å². The minimum absolute atomic E-state index is 0.320. The molecule has 0 aromatic heterocycles. The molecular weight excluding hydrogens is 240 g/mol. The van der Waals surface area contributed by atoms with Crippen molar-refractivity contribution in [3.05, 3.63) is 23.3 Å². The summed E-state index contributed by atoms with van der Waals surface area (Å²) in [7, 11) is 3.38. The molecule has 0 saturated carbocycles. The zero-order valence-corrected chi connectivity index (χ0v) is 11.7. The van der Waals surface area contributed by atoms with E-state index in [1.807, 2.05) is 0 Å². The average Bonchev–Trinajstić information content (AvgIpc) is 2.45. The summed E-state index contributed by atoms with van der Waals surface area (Å²) in [5, 5.41) is 0. The van der Waals surface area contributed by atoms with E-state index in [9.17, 15) is 0 Å². The summed E-state index contributed by atoms with van der Waals surface area (Å²) in [5.41, 5.74) is 8.90. The first-order chi connectivity index (χ1) is 9.22. The highest BCUT2D eigenvalue weighted by Gasteiger charge is 2.33. The van der Waals surface area contributed by atoms with Gasteiger partial charge in [-0.25, -0.2) is 0 Å². The van der Waals surface area contributed by atoms with E-state index in [1.165, 1.54) is 11.1 Å². The van der Waals surface area contributed by atoms with Gasteiger partial charge in [0.15, 0.2) is 11.5 Å². The summed E-state index contributed by atoms with van der Waals surface area (Å²) in [6, 6.07) is 5.04. The zero-order chi connectivity index (χ0) is 13.4. The van der Waals surface area contributed by atoms with Gasteiger partial charge in [-0.2, -0.15) is 0 Å². The number of ether oxygens (including phenoxy) is 2. The van der Waals surface area contributed by atoms with Crippen molar-refractivity contribution in [2.75, 3.05) is 27.3 Å². The van der Waals surface area contributed by atoms with Crippen molar-refractivity contribution >= 4 is 0 Å². The maximum atomic E-state index is 6.14. The third kappa shape index (κ3) is 2.19. The van der Waals surface area contributed by atoms with E-state index in [1.54, 1.807) is 14.2 Å². The standard InChI is InChI=1S/C15H22N2O2/c1-18-14-7-10-3-5-17-6-4-11(16)8-13(17)12(10)9-15(14)19-2/h7,9,11,13H,3-6,8,16H2,1-2H3/t11-,13?/m0/s1. The Hall–Kier alpha value is -1.26. The van der Waals surface area contributed by atoms with Crippen LogP contribution in [0, 0.1) is 0 Å². The third-order valence-electron chi connectivity index (χ3n) is 4.43. The Kier molecular flexibility index (Phi) is 3.37. The third-order valence-corrected chi connectivity index (χ3v) is 4.43. The summed E-state index contributed by atoms with van der Waals surface area (Å²) in [5.74, 6) is 1.65. The maximum absolute atomic E-state index is 6.14. The summed E-state index contributed by atoms with van der Waals surface area (Å²) < 4.78 is 10.8. The highest BCUT2D eigenvalue weighted by atomic mass is 16.5. The molecule has 3 rings (SSSR count). The van der Waals surface area contributed by atoms with Crippen LogP contribution in [-0.4, -0.2) is 38.3 Å². The van der Waals surface area contributed by atoms with Crippen LogP contribution in [-0.2, 0) is 6.42 Å². The van der Waals surface area contributed by atoms with E-state index in [-0.39, 0.29) is 0 Å². The lowest BCUT2D eigenvalue weighted by Gasteiger charge is -2.42. The van der Waals surface area contributed by atoms with E-state index >= 15 is 0 Å². The summed E-state index contributed by atoms with van der Waals surface area (Å²) in [6.07, 6.45) is 3.24. The summed E-state index contributed by atoms with van der Waals surface area (Å²) in [6.45, 7) is 2.24. The van der Waals surface area contributed by atoms with Crippen molar-refractivity contribution in [3.8, 4) is 11.5 Å². The van der Waals surface area contributed by atoms with Gasteiger partial charge in [-0.15, -0.1) is 0 Å². The molecule has 2 N–H and O–H groups in total. The molecule has 0 bridgehead atoms. The van der Waals surface area contributed by atoms with Crippen LogP contribution < -0.4 is 15.2 Å². The van der Waals surface area contributed by atoms with E-state index < -0.39 is 0 Å². The molecule has 19 heavy (non-hydrogen) atoms. The second-order valence-electron chi connectivity index (χ2n) is 5.49. The molecule has 104 valence electrons. The van der Waals surface area contributed by atoms with Gasteiger partial charge in [0.2, 0.25) is 0 Å². The fourth-order valence-electron chi connectivity index (χ4n) is 3.36. The molecule has 1 unspecified atom stereocenters. The Labute approximate surface area is 114 Å². The van der Waals surface area contributed by atoms with Crippen LogP contribution in [0.1, 0.15) is 30.0 Å². The van der Waals surface area contributed by atoms with E-state index in [0.717, 1.165) is 43.9 Å². The fraction of sp³-hybridized carbons (Fsp3) is 0.600. The number of fused-ring (bicyclic) bond motifs is 3. The highest BCUT2D eigenvalue weighted by molar-refractivity contribution is 5.49. The number of rotatable bonds is 2. The number of benzene rings is 1. The van der Waals surface area contributed by atoms with Gasteiger partial charge in [0.25, 0.3) is 0 Å². The van der Waals surface area contributed by atoms with Gasteiger partial charge in [0.1, 0.15) is 0 Å². The number of hydrogen-bond donors (Lipinski definition) is 1. The van der Waals surface area contributed by atoms with Crippen LogP contribution in [0.4, 0.5) is 0 Å². The average molecular weight is 262 g/mol. The number of nitrogens with zero attached hydrogens (tertiary/aromatic N) is 1. The Morgan fingerprint density at radius 1 is 1.16 bits per heavy atom. The maximum Gasteiger partial charge on any atom is 0.161 e. The predicted octanol–water partition coefficient (Wildman–Crippen LogP) is 1.72. The lowest BCUT2D eigenvalue weighted by Crippen LogP contribution is -2.45. The summed E-state index contributed by atoms with van der Waals surface area (Å²) >= 11 is 0. The van der Waals surface area contributed by atoms with Gasteiger partial charge >= 0.3 is 0 Å². The molecule has 2 atom stereocenters. The molecule has 1 fully saturated rings. The monoisotopic (exact) mass is 262 g/mol. The summed E-state index contributed by atoms with van der Waals surface area (Å²) in [4.78, 5) is 2.55. The van der Waals surface area contributed by atoms with Crippen LogP contribution in [0.15, 0.2) is 12.1 Å².